The molecule has 0 amide bonds. The van der Waals surface area contributed by atoms with E-state index in [0.29, 0.717) is 0 Å². The van der Waals surface area contributed by atoms with Gasteiger partial charge >= 0.3 is 0 Å². The minimum Gasteiger partial charge on any atom is -0.331 e. The molecule has 1 N–H and O–H groups in total. The number of aryl methyl sites for hydroxylation is 1. The Kier molecular flexibility index (Phi) is 5.53. The molecule has 0 saturated heterocycles. The van der Waals surface area contributed by atoms with Crippen molar-refractivity contribution < 1.29 is 0 Å². The lowest BCUT2D eigenvalue weighted by Gasteiger charge is -2.11. The summed E-state index contributed by atoms with van der Waals surface area (Å²) >= 11 is 0. The average molecular weight is 223 g/mol. The molecule has 0 spiro atoms. The third kappa shape index (κ3) is 3.97. The Hall–Kier alpha value is -0.830. The van der Waals surface area contributed by atoms with Gasteiger partial charge in [-0.15, -0.1) is 0 Å². The Morgan fingerprint density at radius 2 is 2.19 bits per heavy atom. The summed E-state index contributed by atoms with van der Waals surface area (Å²) in [6.45, 7) is 11.8. The van der Waals surface area contributed by atoms with Crippen LogP contribution in [0.3, 0.4) is 0 Å². The van der Waals surface area contributed by atoms with E-state index in [0.717, 1.165) is 31.4 Å². The maximum Gasteiger partial charge on any atom is 0.105 e. The van der Waals surface area contributed by atoms with Crippen molar-refractivity contribution in [3.8, 4) is 0 Å². The molecule has 0 atom stereocenters. The summed E-state index contributed by atoms with van der Waals surface area (Å²) in [5.74, 6) is 1.93. The van der Waals surface area contributed by atoms with E-state index in [-0.39, 0.29) is 0 Å². The molecule has 0 aromatic carbocycles. The SMILES string of the molecule is CCNCc1cnc(C)n1CCCC(C)C. The Morgan fingerprint density at radius 1 is 1.44 bits per heavy atom. The Labute approximate surface area is 99.3 Å². The summed E-state index contributed by atoms with van der Waals surface area (Å²) in [7, 11) is 0. The second kappa shape index (κ2) is 6.69. The van der Waals surface area contributed by atoms with Crippen molar-refractivity contribution in [1.29, 1.82) is 0 Å². The number of imidazole rings is 1. The zero-order chi connectivity index (χ0) is 12.0. The minimum absolute atomic E-state index is 0.793. The highest BCUT2D eigenvalue weighted by Gasteiger charge is 2.05. The van der Waals surface area contributed by atoms with Crippen molar-refractivity contribution in [1.82, 2.24) is 14.9 Å². The number of hydrogen-bond donors (Lipinski definition) is 1. The summed E-state index contributed by atoms with van der Waals surface area (Å²) in [5, 5.41) is 3.36. The number of nitrogens with zero attached hydrogens (tertiary/aromatic N) is 2. The van der Waals surface area contributed by atoms with Crippen molar-refractivity contribution in [2.75, 3.05) is 6.54 Å². The van der Waals surface area contributed by atoms with Gasteiger partial charge in [0.2, 0.25) is 0 Å². The second-order valence-electron chi connectivity index (χ2n) is 4.76. The first-order valence-electron chi connectivity index (χ1n) is 6.36. The van der Waals surface area contributed by atoms with Crippen LogP contribution in [0.2, 0.25) is 0 Å². The molecule has 92 valence electrons. The first-order chi connectivity index (χ1) is 7.65. The molecule has 0 fully saturated rings. The Morgan fingerprint density at radius 3 is 2.81 bits per heavy atom. The molecule has 0 aliphatic rings. The van der Waals surface area contributed by atoms with Crippen molar-refractivity contribution in [3.05, 3.63) is 17.7 Å². The van der Waals surface area contributed by atoms with E-state index in [4.69, 9.17) is 0 Å². The van der Waals surface area contributed by atoms with E-state index in [9.17, 15) is 0 Å². The van der Waals surface area contributed by atoms with Crippen LogP contribution in [-0.4, -0.2) is 16.1 Å². The molecule has 1 aromatic rings. The van der Waals surface area contributed by atoms with E-state index in [2.05, 4.69) is 42.6 Å². The molecule has 0 bridgehead atoms. The molecule has 1 rings (SSSR count). The summed E-state index contributed by atoms with van der Waals surface area (Å²) < 4.78 is 2.34. The number of aromatic nitrogens is 2. The lowest BCUT2D eigenvalue weighted by atomic mass is 10.1. The van der Waals surface area contributed by atoms with Gasteiger partial charge in [-0.2, -0.15) is 0 Å². The molecular formula is C13H25N3. The second-order valence-corrected chi connectivity index (χ2v) is 4.76. The fourth-order valence-electron chi connectivity index (χ4n) is 1.87. The fourth-order valence-corrected chi connectivity index (χ4v) is 1.87. The number of rotatable bonds is 7. The van der Waals surface area contributed by atoms with Crippen molar-refractivity contribution >= 4 is 0 Å². The normalized spacial score (nSPS) is 11.3. The summed E-state index contributed by atoms with van der Waals surface area (Å²) in [6, 6.07) is 0. The van der Waals surface area contributed by atoms with Gasteiger partial charge in [0.1, 0.15) is 5.82 Å². The van der Waals surface area contributed by atoms with Gasteiger partial charge in [-0.1, -0.05) is 20.8 Å². The van der Waals surface area contributed by atoms with E-state index in [1.807, 2.05) is 6.20 Å². The van der Waals surface area contributed by atoms with E-state index in [1.165, 1.54) is 18.5 Å². The van der Waals surface area contributed by atoms with Crippen LogP contribution in [0.15, 0.2) is 6.20 Å². The molecule has 0 aliphatic heterocycles. The van der Waals surface area contributed by atoms with Crippen LogP contribution in [0.25, 0.3) is 0 Å². The van der Waals surface area contributed by atoms with Gasteiger partial charge < -0.3 is 9.88 Å². The van der Waals surface area contributed by atoms with Crippen LogP contribution < -0.4 is 5.32 Å². The fraction of sp³-hybridized carbons (Fsp3) is 0.769. The van der Waals surface area contributed by atoms with Crippen molar-refractivity contribution in [3.63, 3.8) is 0 Å². The van der Waals surface area contributed by atoms with Gasteiger partial charge in [0.05, 0.1) is 5.69 Å². The smallest absolute Gasteiger partial charge is 0.105 e. The Balaban J connectivity index is 2.52. The molecule has 16 heavy (non-hydrogen) atoms. The zero-order valence-electron chi connectivity index (χ0n) is 11.1. The minimum atomic E-state index is 0.793. The van der Waals surface area contributed by atoms with Crippen LogP contribution in [0.5, 0.6) is 0 Å². The maximum atomic E-state index is 4.39. The largest absolute Gasteiger partial charge is 0.331 e. The molecule has 0 radical (unpaired) electrons. The molecule has 0 unspecified atom stereocenters. The maximum absolute atomic E-state index is 4.39. The molecule has 1 aromatic heterocycles. The van der Waals surface area contributed by atoms with Crippen LogP contribution in [-0.2, 0) is 13.1 Å². The zero-order valence-corrected chi connectivity index (χ0v) is 11.1. The third-order valence-corrected chi connectivity index (χ3v) is 2.86. The molecule has 1 heterocycles. The summed E-state index contributed by atoms with van der Waals surface area (Å²) in [4.78, 5) is 4.39. The van der Waals surface area contributed by atoms with Crippen LogP contribution in [0, 0.1) is 12.8 Å². The quantitative estimate of drug-likeness (QED) is 0.770. The molecule has 3 heteroatoms. The topological polar surface area (TPSA) is 29.9 Å². The van der Waals surface area contributed by atoms with Gasteiger partial charge in [-0.05, 0) is 32.2 Å². The van der Waals surface area contributed by atoms with Gasteiger partial charge in [-0.3, -0.25) is 0 Å². The van der Waals surface area contributed by atoms with Gasteiger partial charge in [-0.25, -0.2) is 4.98 Å². The Bertz CT molecular complexity index is 302. The van der Waals surface area contributed by atoms with Gasteiger partial charge in [0, 0.05) is 19.3 Å². The number of nitrogens with one attached hydrogen (secondary N) is 1. The van der Waals surface area contributed by atoms with E-state index in [1.54, 1.807) is 0 Å². The van der Waals surface area contributed by atoms with Gasteiger partial charge in [0.25, 0.3) is 0 Å². The first-order valence-corrected chi connectivity index (χ1v) is 6.36. The van der Waals surface area contributed by atoms with Crippen LogP contribution in [0.1, 0.15) is 45.1 Å². The predicted octanol–water partition coefficient (Wildman–Crippen LogP) is 2.74. The monoisotopic (exact) mass is 223 g/mol. The van der Waals surface area contributed by atoms with E-state index < -0.39 is 0 Å². The van der Waals surface area contributed by atoms with Crippen LogP contribution in [0.4, 0.5) is 0 Å². The molecule has 0 saturated carbocycles. The molecule has 3 nitrogen and oxygen atoms in total. The van der Waals surface area contributed by atoms with Crippen molar-refractivity contribution in [2.24, 2.45) is 5.92 Å². The van der Waals surface area contributed by atoms with Gasteiger partial charge in [0.15, 0.2) is 0 Å². The highest BCUT2D eigenvalue weighted by atomic mass is 15.1. The average Bonchev–Trinajstić information content (AvgIpc) is 2.57. The highest BCUT2D eigenvalue weighted by Crippen LogP contribution is 2.10. The third-order valence-electron chi connectivity index (χ3n) is 2.86. The number of hydrogen-bond acceptors (Lipinski definition) is 2. The summed E-state index contributed by atoms with van der Waals surface area (Å²) in [6.07, 6.45) is 4.53. The van der Waals surface area contributed by atoms with Crippen molar-refractivity contribution in [2.45, 2.75) is 53.6 Å². The van der Waals surface area contributed by atoms with E-state index >= 15 is 0 Å². The molecular weight excluding hydrogens is 198 g/mol. The lowest BCUT2D eigenvalue weighted by Crippen LogP contribution is -2.16. The summed E-state index contributed by atoms with van der Waals surface area (Å²) in [5.41, 5.74) is 1.31. The standard InChI is InChI=1S/C13H25N3/c1-5-14-9-13-10-15-12(4)16(13)8-6-7-11(2)3/h10-11,14H,5-9H2,1-4H3. The predicted molar refractivity (Wildman–Crippen MR) is 68.4 cm³/mol. The highest BCUT2D eigenvalue weighted by molar-refractivity contribution is 5.04. The van der Waals surface area contributed by atoms with Crippen LogP contribution >= 0.6 is 0 Å². The lowest BCUT2D eigenvalue weighted by molar-refractivity contribution is 0.496. The molecule has 0 aliphatic carbocycles. The first kappa shape index (κ1) is 13.2.